The summed E-state index contributed by atoms with van der Waals surface area (Å²) in [6, 6.07) is 0. The van der Waals surface area contributed by atoms with E-state index in [4.69, 9.17) is 15.5 Å². The van der Waals surface area contributed by atoms with E-state index >= 15 is 0 Å². The number of nitrogens with one attached hydrogen (secondary N) is 1. The first-order chi connectivity index (χ1) is 9.12. The van der Waals surface area contributed by atoms with Crippen LogP contribution in [0.5, 0.6) is 0 Å². The third-order valence-corrected chi connectivity index (χ3v) is 4.19. The summed E-state index contributed by atoms with van der Waals surface area (Å²) in [5, 5.41) is 3.12. The maximum Gasteiger partial charge on any atom is 0.408 e. The molecule has 0 spiro atoms. The third kappa shape index (κ3) is 4.35. The molecule has 5 heteroatoms. The molecule has 20 heavy (non-hydrogen) atoms. The summed E-state index contributed by atoms with van der Waals surface area (Å²) >= 11 is 0. The number of hydrogen-bond donors (Lipinski definition) is 2. The molecule has 5 nitrogen and oxygen atoms in total. The molecule has 0 saturated heterocycles. The Bertz CT molecular complexity index is 329. The van der Waals surface area contributed by atoms with Gasteiger partial charge in [0.1, 0.15) is 5.60 Å². The van der Waals surface area contributed by atoms with Crippen LogP contribution in [0.25, 0.3) is 0 Å². The minimum atomic E-state index is -0.492. The lowest BCUT2D eigenvalue weighted by Gasteiger charge is -2.49. The molecule has 1 aliphatic carbocycles. The Labute approximate surface area is 122 Å². The van der Waals surface area contributed by atoms with Gasteiger partial charge in [-0.25, -0.2) is 10.7 Å². The Hall–Kier alpha value is -0.810. The predicted molar refractivity (Wildman–Crippen MR) is 79.1 cm³/mol. The molecule has 1 saturated carbocycles. The molecule has 0 atom stereocenters. The first-order valence-electron chi connectivity index (χ1n) is 7.45. The Morgan fingerprint density at radius 1 is 1.15 bits per heavy atom. The molecule has 1 amide bonds. The second kappa shape index (κ2) is 6.31. The lowest BCUT2D eigenvalue weighted by atomic mass is 9.65. The average molecular weight is 286 g/mol. The zero-order valence-electron chi connectivity index (χ0n) is 13.5. The molecule has 0 aliphatic heterocycles. The molecule has 0 aromatic rings. The minimum Gasteiger partial charge on any atom is -0.444 e. The molecule has 1 fully saturated rings. The summed E-state index contributed by atoms with van der Waals surface area (Å²) in [6.45, 7) is 10.2. The number of carbonyl (C=O) groups excluding carboxylic acids is 1. The Morgan fingerprint density at radius 2 is 1.70 bits per heavy atom. The van der Waals surface area contributed by atoms with E-state index in [1.54, 1.807) is 0 Å². The largest absolute Gasteiger partial charge is 0.444 e. The van der Waals surface area contributed by atoms with Crippen molar-refractivity contribution in [1.82, 2.24) is 5.32 Å². The van der Waals surface area contributed by atoms with Crippen molar-refractivity contribution in [3.63, 3.8) is 0 Å². The van der Waals surface area contributed by atoms with Crippen molar-refractivity contribution < 1.29 is 14.4 Å². The van der Waals surface area contributed by atoms with Gasteiger partial charge in [-0.3, -0.25) is 0 Å². The summed E-state index contributed by atoms with van der Waals surface area (Å²) < 4.78 is 5.42. The molecule has 3 N–H and O–H groups in total. The van der Waals surface area contributed by atoms with Crippen LogP contribution in [0.2, 0.25) is 0 Å². The van der Waals surface area contributed by atoms with E-state index in [2.05, 4.69) is 19.2 Å². The molecule has 1 rings (SSSR count). The van der Waals surface area contributed by atoms with Gasteiger partial charge in [0.25, 0.3) is 0 Å². The zero-order valence-corrected chi connectivity index (χ0v) is 13.5. The highest BCUT2D eigenvalue weighted by Crippen LogP contribution is 2.42. The fourth-order valence-corrected chi connectivity index (χ4v) is 2.97. The summed E-state index contributed by atoms with van der Waals surface area (Å²) in [5.74, 6) is 5.27. The van der Waals surface area contributed by atoms with Crippen LogP contribution in [0.3, 0.4) is 0 Å². The number of alkyl carbamates (subject to hydrolysis) is 1. The fourth-order valence-electron chi connectivity index (χ4n) is 2.97. The van der Waals surface area contributed by atoms with Crippen molar-refractivity contribution >= 4 is 6.09 Å². The minimum absolute atomic E-state index is 0.237. The molecule has 0 radical (unpaired) electrons. The molecule has 0 aromatic heterocycles. The highest BCUT2D eigenvalue weighted by molar-refractivity contribution is 5.69. The fraction of sp³-hybridized carbons (Fsp3) is 0.933. The Kier molecular flexibility index (Phi) is 5.44. The smallest absolute Gasteiger partial charge is 0.408 e. The average Bonchev–Trinajstić information content (AvgIpc) is 2.27. The second-order valence-corrected chi connectivity index (χ2v) is 7.46. The summed E-state index contributed by atoms with van der Waals surface area (Å²) in [4.78, 5) is 17.1. The maximum atomic E-state index is 12.2. The van der Waals surface area contributed by atoms with Gasteiger partial charge in [0.05, 0.1) is 12.1 Å². The highest BCUT2D eigenvalue weighted by atomic mass is 16.6. The number of carbonyl (C=O) groups is 1. The summed E-state index contributed by atoms with van der Waals surface area (Å²) in [7, 11) is 0. The van der Waals surface area contributed by atoms with Crippen molar-refractivity contribution in [1.29, 1.82) is 0 Å². The highest BCUT2D eigenvalue weighted by Gasteiger charge is 2.47. The van der Waals surface area contributed by atoms with Gasteiger partial charge in [-0.05, 0) is 33.6 Å². The second-order valence-electron chi connectivity index (χ2n) is 7.46. The Balaban J connectivity index is 2.86. The molecule has 0 bridgehead atoms. The van der Waals surface area contributed by atoms with Gasteiger partial charge in [0, 0.05) is 5.41 Å². The van der Waals surface area contributed by atoms with Gasteiger partial charge in [-0.1, -0.05) is 33.1 Å². The van der Waals surface area contributed by atoms with Gasteiger partial charge >= 0.3 is 6.09 Å². The lowest BCUT2D eigenvalue weighted by Crippen LogP contribution is -2.61. The number of rotatable bonds is 4. The van der Waals surface area contributed by atoms with Crippen molar-refractivity contribution in [2.24, 2.45) is 11.3 Å². The quantitative estimate of drug-likeness (QED) is 0.779. The molecular formula is C15H30N2O3. The lowest BCUT2D eigenvalue weighted by molar-refractivity contribution is -0.0247. The van der Waals surface area contributed by atoms with Crippen molar-refractivity contribution in [3.05, 3.63) is 0 Å². The van der Waals surface area contributed by atoms with E-state index in [1.807, 2.05) is 20.8 Å². The zero-order chi connectivity index (χ0) is 15.4. The van der Waals surface area contributed by atoms with Crippen molar-refractivity contribution in [2.75, 3.05) is 6.61 Å². The van der Waals surface area contributed by atoms with Crippen molar-refractivity contribution in [3.8, 4) is 0 Å². The first kappa shape index (κ1) is 17.2. The van der Waals surface area contributed by atoms with Crippen LogP contribution >= 0.6 is 0 Å². The first-order valence-corrected chi connectivity index (χ1v) is 7.45. The van der Waals surface area contributed by atoms with E-state index in [-0.39, 0.29) is 17.0 Å². The van der Waals surface area contributed by atoms with E-state index in [9.17, 15) is 4.79 Å². The SMILES string of the molecule is CC(C)(C)OC(=O)NC1(C(C)(C)CON)CCCCC1. The van der Waals surface area contributed by atoms with Gasteiger partial charge < -0.3 is 14.9 Å². The topological polar surface area (TPSA) is 73.6 Å². The molecule has 0 unspecified atom stereocenters. The molecule has 1 aliphatic rings. The molecule has 0 heterocycles. The van der Waals surface area contributed by atoms with Gasteiger partial charge in [-0.2, -0.15) is 0 Å². The number of hydrogen-bond acceptors (Lipinski definition) is 4. The maximum absolute atomic E-state index is 12.2. The molecule has 118 valence electrons. The van der Waals surface area contributed by atoms with Crippen LogP contribution in [-0.2, 0) is 9.57 Å². The van der Waals surface area contributed by atoms with Crippen molar-refractivity contribution in [2.45, 2.75) is 77.9 Å². The monoisotopic (exact) mass is 286 g/mol. The van der Waals surface area contributed by atoms with Gasteiger partial charge in [0.15, 0.2) is 0 Å². The number of nitrogens with two attached hydrogens (primary N) is 1. The van der Waals surface area contributed by atoms with Gasteiger partial charge in [0.2, 0.25) is 0 Å². The van der Waals surface area contributed by atoms with Gasteiger partial charge in [-0.15, -0.1) is 0 Å². The van der Waals surface area contributed by atoms with Crippen LogP contribution in [0, 0.1) is 5.41 Å². The third-order valence-electron chi connectivity index (χ3n) is 4.19. The van der Waals surface area contributed by atoms with Crippen LogP contribution in [0.1, 0.15) is 66.7 Å². The van der Waals surface area contributed by atoms with Crippen LogP contribution in [0.4, 0.5) is 4.79 Å². The Morgan fingerprint density at radius 3 is 2.15 bits per heavy atom. The standard InChI is InChI=1S/C15H30N2O3/c1-13(2,3)20-12(18)17-15(9-7-6-8-10-15)14(4,5)11-19-16/h6-11,16H2,1-5H3,(H,17,18). The van der Waals surface area contributed by atoms with E-state index in [0.29, 0.717) is 6.61 Å². The van der Waals surface area contributed by atoms with Crippen LogP contribution in [-0.4, -0.2) is 23.8 Å². The summed E-state index contributed by atoms with van der Waals surface area (Å²) in [5.41, 5.74) is -1.04. The van der Waals surface area contributed by atoms with E-state index in [1.165, 1.54) is 6.42 Å². The van der Waals surface area contributed by atoms with Crippen LogP contribution in [0.15, 0.2) is 0 Å². The molecule has 0 aromatic carbocycles. The summed E-state index contributed by atoms with van der Waals surface area (Å²) in [6.07, 6.45) is 4.92. The molecular weight excluding hydrogens is 256 g/mol. The normalized spacial score (nSPS) is 19.5. The van der Waals surface area contributed by atoms with E-state index < -0.39 is 5.60 Å². The van der Waals surface area contributed by atoms with E-state index in [0.717, 1.165) is 25.7 Å². The number of amides is 1. The predicted octanol–water partition coefficient (Wildman–Crippen LogP) is 3.13. The van der Waals surface area contributed by atoms with Crippen LogP contribution < -0.4 is 11.2 Å². The number of ether oxygens (including phenoxy) is 1.